The van der Waals surface area contributed by atoms with Crippen LogP contribution in [0.25, 0.3) is 0 Å². The Hall–Kier alpha value is -1.36. The van der Waals surface area contributed by atoms with Gasteiger partial charge in [-0.2, -0.15) is 0 Å². The molecule has 0 saturated carbocycles. The van der Waals surface area contributed by atoms with Gasteiger partial charge < -0.3 is 15.8 Å². The molecule has 0 unspecified atom stereocenters. The summed E-state index contributed by atoms with van der Waals surface area (Å²) in [6.07, 6.45) is 1.18. The molecule has 2 N–H and O–H groups in total. The molecule has 58 valence electrons. The lowest BCUT2D eigenvalue weighted by atomic mass is 10.4. The fourth-order valence-electron chi connectivity index (χ4n) is 0.600. The summed E-state index contributed by atoms with van der Waals surface area (Å²) in [7, 11) is 0. The zero-order chi connectivity index (χ0) is 8.43. The molecule has 0 fully saturated rings. The number of nitrogens with zero attached hydrogens (tertiary/aromatic N) is 2. The van der Waals surface area contributed by atoms with Gasteiger partial charge in [-0.05, 0) is 16.0 Å². The van der Waals surface area contributed by atoms with E-state index in [-0.39, 0.29) is 16.5 Å². The van der Waals surface area contributed by atoms with Gasteiger partial charge in [0.15, 0.2) is 6.20 Å². The number of rotatable bonds is 1. The number of halogens is 1. The van der Waals surface area contributed by atoms with E-state index in [1.54, 1.807) is 0 Å². The van der Waals surface area contributed by atoms with Crippen LogP contribution >= 0.6 is 11.6 Å². The first-order chi connectivity index (χ1) is 5.11. The van der Waals surface area contributed by atoms with Crippen molar-refractivity contribution in [1.82, 2.24) is 4.98 Å². The fraction of sp³-hybridized carbons (Fsp3) is 0. The third-order valence-electron chi connectivity index (χ3n) is 1.03. The normalized spacial score (nSPS) is 9.55. The van der Waals surface area contributed by atoms with Crippen molar-refractivity contribution in [2.24, 2.45) is 0 Å². The predicted molar refractivity (Wildman–Crippen MR) is 40.3 cm³/mol. The van der Waals surface area contributed by atoms with Gasteiger partial charge in [-0.1, -0.05) is 11.6 Å². The zero-order valence-electron chi connectivity index (χ0n) is 5.32. The standard InChI is InChI=1S/C5H4ClN3O2/c6-3-1-4(7)5(8-2-3)9(10)11/h1-2H,7H2. The van der Waals surface area contributed by atoms with Crippen LogP contribution in [-0.4, -0.2) is 9.91 Å². The number of pyridine rings is 1. The van der Waals surface area contributed by atoms with Gasteiger partial charge in [0, 0.05) is 0 Å². The maximum absolute atomic E-state index is 10.2. The summed E-state index contributed by atoms with van der Waals surface area (Å²) < 4.78 is 0. The van der Waals surface area contributed by atoms with Gasteiger partial charge in [0.2, 0.25) is 0 Å². The van der Waals surface area contributed by atoms with Crippen LogP contribution in [0.4, 0.5) is 11.5 Å². The van der Waals surface area contributed by atoms with Crippen LogP contribution in [0.1, 0.15) is 0 Å². The van der Waals surface area contributed by atoms with Gasteiger partial charge in [0.25, 0.3) is 0 Å². The minimum absolute atomic E-state index is 0.0255. The van der Waals surface area contributed by atoms with Crippen molar-refractivity contribution in [1.29, 1.82) is 0 Å². The summed E-state index contributed by atoms with van der Waals surface area (Å²) in [6.45, 7) is 0. The van der Waals surface area contributed by atoms with Crippen LogP contribution in [0.3, 0.4) is 0 Å². The molecule has 1 aromatic heterocycles. The average molecular weight is 174 g/mol. The monoisotopic (exact) mass is 173 g/mol. The summed E-state index contributed by atoms with van der Waals surface area (Å²) in [5.74, 6) is -0.366. The number of aromatic nitrogens is 1. The maximum atomic E-state index is 10.2. The highest BCUT2D eigenvalue weighted by molar-refractivity contribution is 6.30. The van der Waals surface area contributed by atoms with Crippen molar-refractivity contribution in [3.05, 3.63) is 27.4 Å². The van der Waals surface area contributed by atoms with E-state index in [0.717, 1.165) is 0 Å². The molecule has 0 aromatic carbocycles. The van der Waals surface area contributed by atoms with Crippen molar-refractivity contribution >= 4 is 23.1 Å². The van der Waals surface area contributed by atoms with Gasteiger partial charge in [-0.25, -0.2) is 0 Å². The lowest BCUT2D eigenvalue weighted by Crippen LogP contribution is -1.97. The highest BCUT2D eigenvalue weighted by Crippen LogP contribution is 2.20. The molecular formula is C5H4ClN3O2. The van der Waals surface area contributed by atoms with Crippen molar-refractivity contribution in [2.75, 3.05) is 5.73 Å². The van der Waals surface area contributed by atoms with E-state index in [1.807, 2.05) is 0 Å². The van der Waals surface area contributed by atoms with Gasteiger partial charge in [0.05, 0.1) is 5.02 Å². The van der Waals surface area contributed by atoms with Crippen LogP contribution in [0.2, 0.25) is 5.02 Å². The predicted octanol–water partition coefficient (Wildman–Crippen LogP) is 1.23. The Labute approximate surface area is 66.9 Å². The molecule has 1 heterocycles. The van der Waals surface area contributed by atoms with E-state index < -0.39 is 4.92 Å². The molecule has 1 rings (SSSR count). The first-order valence-corrected chi connectivity index (χ1v) is 3.04. The summed E-state index contributed by atoms with van der Waals surface area (Å²) in [5.41, 5.74) is 5.21. The fourth-order valence-corrected chi connectivity index (χ4v) is 0.767. The van der Waals surface area contributed by atoms with E-state index in [0.29, 0.717) is 0 Å². The first-order valence-electron chi connectivity index (χ1n) is 2.66. The second kappa shape index (κ2) is 2.71. The van der Waals surface area contributed by atoms with Crippen LogP contribution < -0.4 is 5.73 Å². The van der Waals surface area contributed by atoms with Crippen molar-refractivity contribution in [3.63, 3.8) is 0 Å². The Morgan fingerprint density at radius 2 is 2.36 bits per heavy atom. The Bertz CT molecular complexity index is 302. The number of hydrogen-bond acceptors (Lipinski definition) is 4. The van der Waals surface area contributed by atoms with E-state index >= 15 is 0 Å². The molecule has 0 aliphatic rings. The number of hydrogen-bond donors (Lipinski definition) is 1. The molecule has 0 radical (unpaired) electrons. The molecular weight excluding hydrogens is 170 g/mol. The molecule has 0 aliphatic heterocycles. The lowest BCUT2D eigenvalue weighted by molar-refractivity contribution is -0.388. The minimum atomic E-state index is -0.661. The topological polar surface area (TPSA) is 82.0 Å². The summed E-state index contributed by atoms with van der Waals surface area (Å²) in [5, 5.41) is 10.4. The summed E-state index contributed by atoms with van der Waals surface area (Å²) >= 11 is 5.46. The van der Waals surface area contributed by atoms with E-state index in [1.165, 1.54) is 12.3 Å². The van der Waals surface area contributed by atoms with Crippen LogP contribution in [0, 0.1) is 10.1 Å². The molecule has 0 atom stereocenters. The molecule has 6 heteroatoms. The van der Waals surface area contributed by atoms with Gasteiger partial charge >= 0.3 is 5.82 Å². The van der Waals surface area contributed by atoms with Crippen molar-refractivity contribution in [2.45, 2.75) is 0 Å². The maximum Gasteiger partial charge on any atom is 0.386 e. The Morgan fingerprint density at radius 3 is 2.82 bits per heavy atom. The lowest BCUT2D eigenvalue weighted by Gasteiger charge is -1.94. The summed E-state index contributed by atoms with van der Waals surface area (Å²) in [4.78, 5) is 12.9. The first kappa shape index (κ1) is 7.74. The quantitative estimate of drug-likeness (QED) is 0.511. The van der Waals surface area contributed by atoms with Crippen molar-refractivity contribution in [3.8, 4) is 0 Å². The molecule has 5 nitrogen and oxygen atoms in total. The second-order valence-electron chi connectivity index (χ2n) is 1.82. The van der Waals surface area contributed by atoms with Crippen molar-refractivity contribution < 1.29 is 4.92 Å². The zero-order valence-corrected chi connectivity index (χ0v) is 6.08. The molecule has 0 aliphatic carbocycles. The van der Waals surface area contributed by atoms with Crippen LogP contribution in [-0.2, 0) is 0 Å². The molecule has 0 saturated heterocycles. The highest BCUT2D eigenvalue weighted by atomic mass is 35.5. The number of nitrogens with two attached hydrogens (primary N) is 1. The Kier molecular flexibility index (Phi) is 1.91. The van der Waals surface area contributed by atoms with E-state index in [4.69, 9.17) is 17.3 Å². The Morgan fingerprint density at radius 1 is 1.73 bits per heavy atom. The molecule has 0 amide bonds. The molecule has 1 aromatic rings. The third-order valence-corrected chi connectivity index (χ3v) is 1.24. The highest BCUT2D eigenvalue weighted by Gasteiger charge is 2.11. The number of nitrogen functional groups attached to an aromatic ring is 1. The van der Waals surface area contributed by atoms with Gasteiger partial charge in [0.1, 0.15) is 5.69 Å². The largest absolute Gasteiger partial charge is 0.392 e. The second-order valence-corrected chi connectivity index (χ2v) is 2.26. The van der Waals surface area contributed by atoms with E-state index in [2.05, 4.69) is 4.98 Å². The van der Waals surface area contributed by atoms with Gasteiger partial charge in [-0.15, -0.1) is 0 Å². The average Bonchev–Trinajstić information content (AvgIpc) is 1.85. The van der Waals surface area contributed by atoms with Gasteiger partial charge in [-0.3, -0.25) is 0 Å². The SMILES string of the molecule is Nc1cc(Cl)cnc1[N+](=O)[O-]. The third kappa shape index (κ3) is 1.56. The summed E-state index contributed by atoms with van der Waals surface area (Å²) in [6, 6.07) is 1.28. The molecule has 0 spiro atoms. The molecule has 0 bridgehead atoms. The van der Waals surface area contributed by atoms with Crippen LogP contribution in [0.5, 0.6) is 0 Å². The number of nitro groups is 1. The Balaban J connectivity index is 3.20. The smallest absolute Gasteiger partial charge is 0.386 e. The molecule has 11 heavy (non-hydrogen) atoms. The minimum Gasteiger partial charge on any atom is -0.392 e. The number of anilines is 1. The van der Waals surface area contributed by atoms with Crippen LogP contribution in [0.15, 0.2) is 12.3 Å². The van der Waals surface area contributed by atoms with E-state index in [9.17, 15) is 10.1 Å².